The minimum absolute atomic E-state index is 0.0309. The van der Waals surface area contributed by atoms with E-state index in [1.165, 1.54) is 11.8 Å². The Bertz CT molecular complexity index is 733. The number of thioether (sulfide) groups is 1. The van der Waals surface area contributed by atoms with E-state index >= 15 is 0 Å². The molecule has 0 aliphatic carbocycles. The number of carbonyl (C=O) groups excluding carboxylic acids is 1. The van der Waals surface area contributed by atoms with Crippen molar-refractivity contribution in [2.75, 3.05) is 12.9 Å². The lowest BCUT2D eigenvalue weighted by molar-refractivity contribution is -0.119. The van der Waals surface area contributed by atoms with E-state index in [4.69, 9.17) is 4.74 Å². The van der Waals surface area contributed by atoms with Crippen molar-refractivity contribution in [2.45, 2.75) is 38.0 Å². The highest BCUT2D eigenvalue weighted by Crippen LogP contribution is 2.25. The molecular weight excluding hydrogens is 336 g/mol. The quantitative estimate of drug-likeness (QED) is 0.607. The van der Waals surface area contributed by atoms with Crippen molar-refractivity contribution >= 4 is 17.7 Å². The first kappa shape index (κ1) is 19.1. The Hall–Kier alpha value is -2.28. The average Bonchev–Trinajstić information content (AvgIpc) is 2.95. The molecule has 0 saturated heterocycles. The lowest BCUT2D eigenvalue weighted by Crippen LogP contribution is -2.41. The van der Waals surface area contributed by atoms with Crippen molar-refractivity contribution in [2.24, 2.45) is 0 Å². The Morgan fingerprint density at radius 2 is 2.00 bits per heavy atom. The summed E-state index contributed by atoms with van der Waals surface area (Å²) in [5, 5.41) is 12.2. The molecule has 0 saturated carbocycles. The van der Waals surface area contributed by atoms with E-state index in [9.17, 15) is 4.79 Å². The van der Waals surface area contributed by atoms with Crippen LogP contribution in [0.25, 0.3) is 11.4 Å². The van der Waals surface area contributed by atoms with Crippen LogP contribution in [0.4, 0.5) is 0 Å². The molecule has 0 aliphatic rings. The van der Waals surface area contributed by atoms with Crippen LogP contribution < -0.4 is 10.1 Å². The minimum atomic E-state index is -0.249. The fourth-order valence-electron chi connectivity index (χ4n) is 2.23. The molecule has 6 nitrogen and oxygen atoms in total. The van der Waals surface area contributed by atoms with Crippen LogP contribution in [-0.2, 0) is 11.3 Å². The second-order valence-electron chi connectivity index (χ2n) is 6.52. The number of ether oxygens (including phenoxy) is 1. The second kappa shape index (κ2) is 8.20. The summed E-state index contributed by atoms with van der Waals surface area (Å²) in [5.74, 6) is 1.78. The molecule has 1 heterocycles. The molecule has 1 aromatic carbocycles. The highest BCUT2D eigenvalue weighted by atomic mass is 32.2. The summed E-state index contributed by atoms with van der Waals surface area (Å²) < 4.78 is 7.13. The minimum Gasteiger partial charge on any atom is -0.497 e. The molecule has 134 valence electrons. The zero-order valence-electron chi connectivity index (χ0n) is 15.1. The van der Waals surface area contributed by atoms with E-state index in [0.717, 1.165) is 17.1 Å². The first-order chi connectivity index (χ1) is 11.8. The fourth-order valence-corrected chi connectivity index (χ4v) is 2.98. The monoisotopic (exact) mass is 360 g/mol. The van der Waals surface area contributed by atoms with Gasteiger partial charge in [0.1, 0.15) is 5.75 Å². The number of methoxy groups -OCH3 is 1. The predicted octanol–water partition coefficient (Wildman–Crippen LogP) is 3.15. The van der Waals surface area contributed by atoms with Gasteiger partial charge in [0.15, 0.2) is 11.0 Å². The van der Waals surface area contributed by atoms with Crippen LogP contribution in [0.15, 0.2) is 42.1 Å². The van der Waals surface area contributed by atoms with Crippen LogP contribution in [-0.4, -0.2) is 39.1 Å². The number of rotatable bonds is 7. The van der Waals surface area contributed by atoms with Crippen LogP contribution >= 0.6 is 11.8 Å². The Morgan fingerprint density at radius 3 is 2.56 bits per heavy atom. The van der Waals surface area contributed by atoms with Crippen molar-refractivity contribution in [1.29, 1.82) is 0 Å². The molecule has 0 fully saturated rings. The van der Waals surface area contributed by atoms with Gasteiger partial charge in [-0.3, -0.25) is 9.36 Å². The zero-order chi connectivity index (χ0) is 18.4. The van der Waals surface area contributed by atoms with E-state index in [1.54, 1.807) is 13.2 Å². The molecule has 2 rings (SSSR count). The number of benzene rings is 1. The van der Waals surface area contributed by atoms with Gasteiger partial charge in [0.05, 0.1) is 12.9 Å². The topological polar surface area (TPSA) is 69.0 Å². The summed E-state index contributed by atoms with van der Waals surface area (Å²) >= 11 is 1.36. The molecule has 0 bridgehead atoms. The summed E-state index contributed by atoms with van der Waals surface area (Å²) in [6.07, 6.45) is 1.79. The lowest BCUT2D eigenvalue weighted by Gasteiger charge is -2.20. The molecule has 2 aromatic rings. The summed E-state index contributed by atoms with van der Waals surface area (Å²) in [6, 6.07) is 7.63. The molecule has 25 heavy (non-hydrogen) atoms. The van der Waals surface area contributed by atoms with Crippen LogP contribution in [0.5, 0.6) is 5.75 Å². The number of hydrogen-bond donors (Lipinski definition) is 1. The highest BCUT2D eigenvalue weighted by Gasteiger charge is 2.17. The van der Waals surface area contributed by atoms with Crippen molar-refractivity contribution in [3.8, 4) is 17.1 Å². The number of amides is 1. The maximum atomic E-state index is 12.0. The smallest absolute Gasteiger partial charge is 0.230 e. The van der Waals surface area contributed by atoms with E-state index in [0.29, 0.717) is 11.7 Å². The van der Waals surface area contributed by atoms with Gasteiger partial charge < -0.3 is 10.1 Å². The Kier molecular flexibility index (Phi) is 6.25. The van der Waals surface area contributed by atoms with Gasteiger partial charge in [0.2, 0.25) is 5.91 Å². The number of aromatic nitrogens is 3. The molecule has 0 spiro atoms. The van der Waals surface area contributed by atoms with Crippen LogP contribution in [0, 0.1) is 0 Å². The van der Waals surface area contributed by atoms with Crippen molar-refractivity contribution in [3.05, 3.63) is 36.9 Å². The van der Waals surface area contributed by atoms with Crippen LogP contribution in [0.3, 0.4) is 0 Å². The molecule has 7 heteroatoms. The molecule has 0 unspecified atom stereocenters. The predicted molar refractivity (Wildman–Crippen MR) is 101 cm³/mol. The normalized spacial score (nSPS) is 11.2. The maximum absolute atomic E-state index is 12.0. The molecular formula is C18H24N4O2S. The Morgan fingerprint density at radius 1 is 1.32 bits per heavy atom. The van der Waals surface area contributed by atoms with E-state index in [1.807, 2.05) is 49.6 Å². The van der Waals surface area contributed by atoms with Gasteiger partial charge in [0.25, 0.3) is 0 Å². The second-order valence-corrected chi connectivity index (χ2v) is 7.46. The number of carbonyl (C=O) groups is 1. The summed E-state index contributed by atoms with van der Waals surface area (Å²) in [5.41, 5.74) is 0.682. The average molecular weight is 360 g/mol. The summed E-state index contributed by atoms with van der Waals surface area (Å²) in [6.45, 7) is 10.2. The third-order valence-electron chi connectivity index (χ3n) is 3.22. The van der Waals surface area contributed by atoms with Crippen LogP contribution in [0.2, 0.25) is 0 Å². The zero-order valence-corrected chi connectivity index (χ0v) is 15.9. The third kappa shape index (κ3) is 5.35. The van der Waals surface area contributed by atoms with Gasteiger partial charge in [-0.2, -0.15) is 0 Å². The van der Waals surface area contributed by atoms with E-state index in [-0.39, 0.29) is 17.2 Å². The van der Waals surface area contributed by atoms with Gasteiger partial charge >= 0.3 is 0 Å². The summed E-state index contributed by atoms with van der Waals surface area (Å²) in [7, 11) is 1.63. The SMILES string of the molecule is C=CCn1c(SCC(=O)NC(C)(C)C)nnc1-c1ccc(OC)cc1. The van der Waals surface area contributed by atoms with Crippen LogP contribution in [0.1, 0.15) is 20.8 Å². The molecule has 0 atom stereocenters. The van der Waals surface area contributed by atoms with Gasteiger partial charge in [-0.05, 0) is 45.0 Å². The third-order valence-corrected chi connectivity index (χ3v) is 4.19. The summed E-state index contributed by atoms with van der Waals surface area (Å²) in [4.78, 5) is 12.0. The standard InChI is InChI=1S/C18H24N4O2S/c1-6-11-22-16(13-7-9-14(24-5)10-8-13)20-21-17(22)25-12-15(23)19-18(2,3)4/h6-10H,1,11-12H2,2-5H3,(H,19,23). The Labute approximate surface area is 152 Å². The first-order valence-corrected chi connectivity index (χ1v) is 8.95. The number of nitrogens with one attached hydrogen (secondary N) is 1. The lowest BCUT2D eigenvalue weighted by atomic mass is 10.1. The van der Waals surface area contributed by atoms with Gasteiger partial charge in [0, 0.05) is 17.6 Å². The fraction of sp³-hybridized carbons (Fsp3) is 0.389. The van der Waals surface area contributed by atoms with Gasteiger partial charge in [-0.1, -0.05) is 17.8 Å². The van der Waals surface area contributed by atoms with Gasteiger partial charge in [-0.25, -0.2) is 0 Å². The number of nitrogens with zero attached hydrogens (tertiary/aromatic N) is 3. The van der Waals surface area contributed by atoms with E-state index < -0.39 is 0 Å². The molecule has 1 N–H and O–H groups in total. The molecule has 0 radical (unpaired) electrons. The van der Waals surface area contributed by atoms with E-state index in [2.05, 4.69) is 22.1 Å². The Balaban J connectivity index is 2.18. The van der Waals surface area contributed by atoms with Crippen molar-refractivity contribution < 1.29 is 9.53 Å². The highest BCUT2D eigenvalue weighted by molar-refractivity contribution is 7.99. The molecule has 1 aromatic heterocycles. The first-order valence-electron chi connectivity index (χ1n) is 7.96. The molecule has 1 amide bonds. The number of allylic oxidation sites excluding steroid dienone is 1. The van der Waals surface area contributed by atoms with Gasteiger partial charge in [-0.15, -0.1) is 16.8 Å². The van der Waals surface area contributed by atoms with Crippen molar-refractivity contribution in [1.82, 2.24) is 20.1 Å². The molecule has 0 aliphatic heterocycles. The largest absolute Gasteiger partial charge is 0.497 e. The number of hydrogen-bond acceptors (Lipinski definition) is 5. The van der Waals surface area contributed by atoms with Crippen molar-refractivity contribution in [3.63, 3.8) is 0 Å². The maximum Gasteiger partial charge on any atom is 0.230 e.